The van der Waals surface area contributed by atoms with E-state index in [1.807, 2.05) is 29.2 Å². The Morgan fingerprint density at radius 2 is 1.57 bits per heavy atom. The average Bonchev–Trinajstić information content (AvgIpc) is 3.02. The zero-order valence-corrected chi connectivity index (χ0v) is 25.4. The van der Waals surface area contributed by atoms with Gasteiger partial charge in [0.25, 0.3) is 5.91 Å². The molecule has 0 bridgehead atoms. The number of piperazine rings is 1. The number of carbonyl (C=O) groups excluding carboxylic acids is 1. The van der Waals surface area contributed by atoms with Gasteiger partial charge < -0.3 is 15.1 Å². The van der Waals surface area contributed by atoms with Crippen molar-refractivity contribution in [3.05, 3.63) is 66.4 Å². The largest absolute Gasteiger partial charge is 0.336 e. The summed E-state index contributed by atoms with van der Waals surface area (Å²) in [5, 5.41) is 3.21. The second-order valence-electron chi connectivity index (χ2n) is 11.2. The molecule has 224 valence electrons. The molecule has 0 saturated carbocycles. The molecule has 2 aliphatic heterocycles. The van der Waals surface area contributed by atoms with Crippen LogP contribution in [0.1, 0.15) is 36.0 Å². The van der Waals surface area contributed by atoms with Crippen LogP contribution in [0.15, 0.2) is 65.7 Å². The van der Waals surface area contributed by atoms with E-state index in [-0.39, 0.29) is 5.91 Å². The smallest absolute Gasteiger partial charge is 0.253 e. The average molecular weight is 592 g/mol. The van der Waals surface area contributed by atoms with Crippen molar-refractivity contribution in [3.8, 4) is 11.3 Å². The summed E-state index contributed by atoms with van der Waals surface area (Å²) in [6, 6.07) is 16.1. The zero-order chi connectivity index (χ0) is 29.5. The Bertz CT molecular complexity index is 1430. The first kappa shape index (κ1) is 30.1. The Balaban J connectivity index is 1.17. The zero-order valence-electron chi connectivity index (χ0n) is 24.6. The van der Waals surface area contributed by atoms with Gasteiger partial charge in [0, 0.05) is 62.3 Å². The number of nitrogens with zero attached hydrogens (tertiary/aromatic N) is 6. The fourth-order valence-electron chi connectivity index (χ4n) is 5.42. The maximum absolute atomic E-state index is 13.1. The molecule has 1 amide bonds. The highest BCUT2D eigenvalue weighted by Gasteiger charge is 2.26. The molecule has 2 fully saturated rings. The van der Waals surface area contributed by atoms with E-state index < -0.39 is 10.0 Å². The standard InChI is InChI=1S/C31H41N7O3S/c1-35(2)17-6-18-36-21-23-37(24-22-36)30(39)26-7-11-27(12-8-26)33-31-32-16-15-29(34-31)25-9-13-28(14-10-25)42(40,41)38-19-4-3-5-20-38/h7-16H,3-6,17-24H2,1-2H3,(H,32,33,34). The van der Waals surface area contributed by atoms with Crippen LogP contribution in [0, 0.1) is 0 Å². The van der Waals surface area contributed by atoms with Crippen LogP contribution in [-0.4, -0.2) is 110 Å². The molecule has 1 N–H and O–H groups in total. The maximum Gasteiger partial charge on any atom is 0.253 e. The number of piperidine rings is 1. The number of benzene rings is 2. The molecule has 11 heteroatoms. The van der Waals surface area contributed by atoms with Gasteiger partial charge in [-0.2, -0.15) is 4.31 Å². The summed E-state index contributed by atoms with van der Waals surface area (Å²) in [6.07, 6.45) is 5.69. The quantitative estimate of drug-likeness (QED) is 0.380. The van der Waals surface area contributed by atoms with Crippen LogP contribution in [0.4, 0.5) is 11.6 Å². The Hall–Kier alpha value is -3.38. The molecule has 2 aliphatic rings. The van der Waals surface area contributed by atoms with E-state index in [4.69, 9.17) is 0 Å². The fraction of sp³-hybridized carbons (Fsp3) is 0.452. The summed E-state index contributed by atoms with van der Waals surface area (Å²) >= 11 is 0. The first-order valence-corrected chi connectivity index (χ1v) is 16.2. The number of hydrogen-bond donors (Lipinski definition) is 1. The van der Waals surface area contributed by atoms with Gasteiger partial charge in [-0.1, -0.05) is 18.6 Å². The number of anilines is 2. The predicted octanol–water partition coefficient (Wildman–Crippen LogP) is 3.77. The number of nitrogens with one attached hydrogen (secondary N) is 1. The van der Waals surface area contributed by atoms with Gasteiger partial charge in [-0.05, 0) is 88.9 Å². The lowest BCUT2D eigenvalue weighted by Crippen LogP contribution is -2.49. The van der Waals surface area contributed by atoms with Crippen molar-refractivity contribution in [2.75, 3.05) is 71.8 Å². The number of hydrogen-bond acceptors (Lipinski definition) is 8. The van der Waals surface area contributed by atoms with Crippen LogP contribution in [-0.2, 0) is 10.0 Å². The normalized spacial score (nSPS) is 17.0. The van der Waals surface area contributed by atoms with Gasteiger partial charge in [0.15, 0.2) is 0 Å². The fourth-order valence-corrected chi connectivity index (χ4v) is 6.94. The summed E-state index contributed by atoms with van der Waals surface area (Å²) in [6.45, 7) is 6.60. The highest BCUT2D eigenvalue weighted by molar-refractivity contribution is 7.89. The minimum atomic E-state index is -3.48. The van der Waals surface area contributed by atoms with Crippen LogP contribution >= 0.6 is 0 Å². The minimum absolute atomic E-state index is 0.0542. The lowest BCUT2D eigenvalue weighted by molar-refractivity contribution is 0.0634. The summed E-state index contributed by atoms with van der Waals surface area (Å²) in [4.78, 5) is 28.9. The molecule has 3 heterocycles. The van der Waals surface area contributed by atoms with Crippen molar-refractivity contribution in [1.82, 2.24) is 29.0 Å². The number of sulfonamides is 1. The maximum atomic E-state index is 13.1. The monoisotopic (exact) mass is 591 g/mol. The van der Waals surface area contributed by atoms with Gasteiger partial charge in [0.05, 0.1) is 10.6 Å². The Morgan fingerprint density at radius 3 is 2.24 bits per heavy atom. The van der Waals surface area contributed by atoms with Crippen molar-refractivity contribution in [2.45, 2.75) is 30.6 Å². The van der Waals surface area contributed by atoms with E-state index in [0.717, 1.165) is 76.2 Å². The molecule has 42 heavy (non-hydrogen) atoms. The molecule has 2 aromatic carbocycles. The topological polar surface area (TPSA) is 102 Å². The first-order valence-electron chi connectivity index (χ1n) is 14.8. The third-order valence-corrected chi connectivity index (χ3v) is 9.80. The van der Waals surface area contributed by atoms with Crippen LogP contribution in [0.2, 0.25) is 0 Å². The van der Waals surface area contributed by atoms with Gasteiger partial charge in [0.1, 0.15) is 0 Å². The summed E-state index contributed by atoms with van der Waals surface area (Å²) < 4.78 is 27.5. The first-order chi connectivity index (χ1) is 20.3. The SMILES string of the molecule is CN(C)CCCN1CCN(C(=O)c2ccc(Nc3nccc(-c4ccc(S(=O)(=O)N5CCCCC5)cc4)n3)cc2)CC1. The molecule has 3 aromatic rings. The number of aromatic nitrogens is 2. The highest BCUT2D eigenvalue weighted by atomic mass is 32.2. The number of amides is 1. The van der Waals surface area contributed by atoms with Gasteiger partial charge in [0.2, 0.25) is 16.0 Å². The molecule has 0 atom stereocenters. The van der Waals surface area contributed by atoms with E-state index in [0.29, 0.717) is 35.2 Å². The second-order valence-corrected chi connectivity index (χ2v) is 13.2. The van der Waals surface area contributed by atoms with Crippen molar-refractivity contribution in [2.24, 2.45) is 0 Å². The lowest BCUT2D eigenvalue weighted by Gasteiger charge is -2.35. The highest BCUT2D eigenvalue weighted by Crippen LogP contribution is 2.25. The molecular formula is C31H41N7O3S. The Labute approximate surface area is 249 Å². The second kappa shape index (κ2) is 13.7. The summed E-state index contributed by atoms with van der Waals surface area (Å²) in [5.41, 5.74) is 2.92. The van der Waals surface area contributed by atoms with Crippen LogP contribution in [0.25, 0.3) is 11.3 Å². The third kappa shape index (κ3) is 7.52. The van der Waals surface area contributed by atoms with E-state index in [1.54, 1.807) is 40.8 Å². The molecular weight excluding hydrogens is 550 g/mol. The van der Waals surface area contributed by atoms with E-state index >= 15 is 0 Å². The molecule has 2 saturated heterocycles. The van der Waals surface area contributed by atoms with Crippen molar-refractivity contribution in [3.63, 3.8) is 0 Å². The molecule has 0 radical (unpaired) electrons. The van der Waals surface area contributed by atoms with Crippen LogP contribution in [0.5, 0.6) is 0 Å². The van der Waals surface area contributed by atoms with Gasteiger partial charge in [-0.3, -0.25) is 9.69 Å². The summed E-state index contributed by atoms with van der Waals surface area (Å²) in [5.74, 6) is 0.473. The molecule has 0 unspecified atom stereocenters. The van der Waals surface area contributed by atoms with E-state index in [9.17, 15) is 13.2 Å². The van der Waals surface area contributed by atoms with Crippen molar-refractivity contribution < 1.29 is 13.2 Å². The van der Waals surface area contributed by atoms with E-state index in [2.05, 4.69) is 39.2 Å². The van der Waals surface area contributed by atoms with Crippen LogP contribution < -0.4 is 5.32 Å². The molecule has 0 spiro atoms. The van der Waals surface area contributed by atoms with Gasteiger partial charge in [-0.25, -0.2) is 18.4 Å². The van der Waals surface area contributed by atoms with Crippen molar-refractivity contribution in [1.29, 1.82) is 0 Å². The molecule has 1 aromatic heterocycles. The van der Waals surface area contributed by atoms with Crippen LogP contribution in [0.3, 0.4) is 0 Å². The summed E-state index contributed by atoms with van der Waals surface area (Å²) in [7, 11) is 0.707. The predicted molar refractivity (Wildman–Crippen MR) is 165 cm³/mol. The molecule has 0 aliphatic carbocycles. The van der Waals surface area contributed by atoms with Gasteiger partial charge in [-0.15, -0.1) is 0 Å². The number of rotatable bonds is 10. The molecule has 5 rings (SSSR count). The third-order valence-electron chi connectivity index (χ3n) is 7.89. The lowest BCUT2D eigenvalue weighted by atomic mass is 10.1. The molecule has 10 nitrogen and oxygen atoms in total. The van der Waals surface area contributed by atoms with Gasteiger partial charge >= 0.3 is 0 Å². The Morgan fingerprint density at radius 1 is 0.881 bits per heavy atom. The Kier molecular flexibility index (Phi) is 9.84. The van der Waals surface area contributed by atoms with Crippen molar-refractivity contribution >= 4 is 27.6 Å². The number of carbonyl (C=O) groups is 1. The van der Waals surface area contributed by atoms with E-state index in [1.165, 1.54) is 0 Å². The minimum Gasteiger partial charge on any atom is -0.336 e.